The molecule has 0 saturated heterocycles. The van der Waals surface area contributed by atoms with Crippen molar-refractivity contribution >= 4 is 27.5 Å². The van der Waals surface area contributed by atoms with E-state index in [0.717, 1.165) is 27.1 Å². The number of alkyl halides is 1. The Morgan fingerprint density at radius 1 is 1.00 bits per heavy atom. The Balaban J connectivity index is 1.91. The lowest BCUT2D eigenvalue weighted by Crippen LogP contribution is -2.24. The van der Waals surface area contributed by atoms with Gasteiger partial charge in [-0.2, -0.15) is 0 Å². The molecule has 0 spiro atoms. The van der Waals surface area contributed by atoms with Crippen LogP contribution in [-0.4, -0.2) is 12.1 Å². The molecular formula is C22H23FO2. The van der Waals surface area contributed by atoms with Gasteiger partial charge in [0.25, 0.3) is 0 Å². The summed E-state index contributed by atoms with van der Waals surface area (Å²) in [6.07, 6.45) is -1.44. The van der Waals surface area contributed by atoms with Gasteiger partial charge in [-0.05, 0) is 39.4 Å². The van der Waals surface area contributed by atoms with Crippen LogP contribution in [0.5, 0.6) is 0 Å². The number of hydrogen-bond acceptors (Lipinski definition) is 2. The van der Waals surface area contributed by atoms with E-state index in [1.807, 2.05) is 69.3 Å². The number of hydrogen-bond donors (Lipinski definition) is 0. The van der Waals surface area contributed by atoms with Gasteiger partial charge in [0.15, 0.2) is 6.17 Å². The molecule has 3 aromatic carbocycles. The molecule has 0 bridgehead atoms. The third-order valence-electron chi connectivity index (χ3n) is 4.29. The van der Waals surface area contributed by atoms with E-state index in [1.165, 1.54) is 0 Å². The summed E-state index contributed by atoms with van der Waals surface area (Å²) in [6, 6.07) is 18.1. The van der Waals surface area contributed by atoms with Crippen molar-refractivity contribution in [2.24, 2.45) is 5.41 Å². The topological polar surface area (TPSA) is 26.3 Å². The minimum Gasteiger partial charge on any atom is -0.459 e. The Morgan fingerprint density at radius 3 is 2.04 bits per heavy atom. The van der Waals surface area contributed by atoms with Crippen LogP contribution in [0.1, 0.15) is 32.8 Å². The Kier molecular flexibility index (Phi) is 4.76. The van der Waals surface area contributed by atoms with Crippen LogP contribution in [0.15, 0.2) is 54.6 Å². The highest BCUT2D eigenvalue weighted by Crippen LogP contribution is 2.29. The van der Waals surface area contributed by atoms with Crippen LogP contribution in [0.25, 0.3) is 21.5 Å². The van der Waals surface area contributed by atoms with Crippen molar-refractivity contribution in [1.29, 1.82) is 0 Å². The van der Waals surface area contributed by atoms with Crippen LogP contribution in [0.4, 0.5) is 4.39 Å². The molecule has 0 fully saturated rings. The highest BCUT2D eigenvalue weighted by molar-refractivity contribution is 6.02. The molecule has 130 valence electrons. The lowest BCUT2D eigenvalue weighted by atomic mass is 9.90. The zero-order valence-electron chi connectivity index (χ0n) is 14.9. The molecule has 3 aromatic rings. The Morgan fingerprint density at radius 2 is 1.52 bits per heavy atom. The molecule has 0 aliphatic rings. The lowest BCUT2D eigenvalue weighted by molar-refractivity contribution is -0.152. The maximum atomic E-state index is 14.1. The number of esters is 1. The number of ether oxygens (including phenoxy) is 1. The van der Waals surface area contributed by atoms with Gasteiger partial charge in [0.1, 0.15) is 6.61 Å². The van der Waals surface area contributed by atoms with Crippen molar-refractivity contribution in [2.75, 3.05) is 0 Å². The van der Waals surface area contributed by atoms with Gasteiger partial charge in [-0.1, -0.05) is 69.3 Å². The van der Waals surface area contributed by atoms with Crippen LogP contribution in [0.3, 0.4) is 0 Å². The first-order chi connectivity index (χ1) is 11.8. The first-order valence-electron chi connectivity index (χ1n) is 8.55. The van der Waals surface area contributed by atoms with Gasteiger partial charge in [0, 0.05) is 5.56 Å². The predicted molar refractivity (Wildman–Crippen MR) is 100 cm³/mol. The molecule has 0 aliphatic heterocycles. The van der Waals surface area contributed by atoms with E-state index in [2.05, 4.69) is 6.07 Å². The lowest BCUT2D eigenvalue weighted by Gasteiger charge is -2.20. The summed E-state index contributed by atoms with van der Waals surface area (Å²) in [5.74, 6) is -0.785. The molecule has 0 heterocycles. The summed E-state index contributed by atoms with van der Waals surface area (Å²) in [5, 5.41) is 4.22. The van der Waals surface area contributed by atoms with Crippen molar-refractivity contribution in [3.63, 3.8) is 0 Å². The zero-order valence-corrected chi connectivity index (χ0v) is 14.9. The second kappa shape index (κ2) is 6.83. The SMILES string of the molecule is CC(C)(C)CC(F)C(=O)OCc1c2ccccc2cc2ccccc12. The first kappa shape index (κ1) is 17.4. The van der Waals surface area contributed by atoms with Gasteiger partial charge in [0.05, 0.1) is 0 Å². The average Bonchev–Trinajstić information content (AvgIpc) is 2.56. The van der Waals surface area contributed by atoms with E-state index >= 15 is 0 Å². The van der Waals surface area contributed by atoms with Crippen molar-refractivity contribution in [3.8, 4) is 0 Å². The number of fused-ring (bicyclic) bond motifs is 2. The zero-order chi connectivity index (χ0) is 18.0. The van der Waals surface area contributed by atoms with Gasteiger partial charge < -0.3 is 4.74 Å². The molecule has 3 heteroatoms. The Hall–Kier alpha value is -2.42. The fourth-order valence-electron chi connectivity index (χ4n) is 3.12. The molecule has 0 saturated carbocycles. The van der Waals surface area contributed by atoms with Crippen LogP contribution in [0, 0.1) is 5.41 Å². The average molecular weight is 338 g/mol. The molecule has 0 aliphatic carbocycles. The third-order valence-corrected chi connectivity index (χ3v) is 4.29. The smallest absolute Gasteiger partial charge is 0.341 e. The van der Waals surface area contributed by atoms with Crippen molar-refractivity contribution in [3.05, 3.63) is 60.2 Å². The minimum absolute atomic E-state index is 0.0747. The molecule has 0 radical (unpaired) electrons. The van der Waals surface area contributed by atoms with E-state index in [4.69, 9.17) is 4.74 Å². The predicted octanol–water partition coefficient (Wildman–Crippen LogP) is 5.81. The monoisotopic (exact) mass is 338 g/mol. The highest BCUT2D eigenvalue weighted by Gasteiger charge is 2.26. The summed E-state index contributed by atoms with van der Waals surface area (Å²) >= 11 is 0. The normalized spacial score (nSPS) is 13.1. The second-order valence-electron chi connectivity index (χ2n) is 7.64. The molecule has 0 amide bonds. The summed E-state index contributed by atoms with van der Waals surface area (Å²) in [7, 11) is 0. The van der Waals surface area contributed by atoms with E-state index in [0.29, 0.717) is 0 Å². The fraction of sp³-hybridized carbons (Fsp3) is 0.318. The Bertz CT molecular complexity index is 855. The number of carbonyl (C=O) groups excluding carboxylic acids is 1. The summed E-state index contributed by atoms with van der Waals surface area (Å²) < 4.78 is 19.5. The largest absolute Gasteiger partial charge is 0.459 e. The molecule has 0 N–H and O–H groups in total. The van der Waals surface area contributed by atoms with Gasteiger partial charge in [-0.15, -0.1) is 0 Å². The van der Waals surface area contributed by atoms with E-state index < -0.39 is 12.1 Å². The molecule has 0 aromatic heterocycles. The molecule has 3 rings (SSSR count). The number of carbonyl (C=O) groups is 1. The van der Waals surface area contributed by atoms with E-state index in [1.54, 1.807) is 0 Å². The van der Waals surface area contributed by atoms with Crippen molar-refractivity contribution < 1.29 is 13.9 Å². The maximum Gasteiger partial charge on any atom is 0.341 e. The van der Waals surface area contributed by atoms with E-state index in [9.17, 15) is 9.18 Å². The molecule has 1 unspecified atom stereocenters. The number of halogens is 1. The summed E-state index contributed by atoms with van der Waals surface area (Å²) in [5.41, 5.74) is 0.662. The van der Waals surface area contributed by atoms with Crippen LogP contribution < -0.4 is 0 Å². The van der Waals surface area contributed by atoms with Crippen molar-refractivity contribution in [1.82, 2.24) is 0 Å². The standard InChI is InChI=1S/C22H23FO2/c1-22(2,3)13-20(23)21(24)25-14-19-17-10-6-4-8-15(17)12-16-9-5-7-11-18(16)19/h4-12,20H,13-14H2,1-3H3. The van der Waals surface area contributed by atoms with Crippen molar-refractivity contribution in [2.45, 2.75) is 40.0 Å². The maximum absolute atomic E-state index is 14.1. The quantitative estimate of drug-likeness (QED) is 0.443. The fourth-order valence-corrected chi connectivity index (χ4v) is 3.12. The molecule has 25 heavy (non-hydrogen) atoms. The van der Waals surface area contributed by atoms with Gasteiger partial charge in [-0.25, -0.2) is 9.18 Å². The summed E-state index contributed by atoms with van der Waals surface area (Å²) in [6.45, 7) is 5.80. The third kappa shape index (κ3) is 3.98. The molecule has 2 nitrogen and oxygen atoms in total. The van der Waals surface area contributed by atoms with Gasteiger partial charge in [-0.3, -0.25) is 0 Å². The van der Waals surface area contributed by atoms with Crippen LogP contribution >= 0.6 is 0 Å². The van der Waals surface area contributed by atoms with Crippen LogP contribution in [-0.2, 0) is 16.1 Å². The number of benzene rings is 3. The highest BCUT2D eigenvalue weighted by atomic mass is 19.1. The number of rotatable bonds is 4. The molecule has 1 atom stereocenters. The Labute approximate surface area is 147 Å². The van der Waals surface area contributed by atoms with Gasteiger partial charge in [0.2, 0.25) is 0 Å². The molecular weight excluding hydrogens is 315 g/mol. The van der Waals surface area contributed by atoms with Crippen LogP contribution in [0.2, 0.25) is 0 Å². The first-order valence-corrected chi connectivity index (χ1v) is 8.55. The van der Waals surface area contributed by atoms with E-state index in [-0.39, 0.29) is 18.4 Å². The minimum atomic E-state index is -1.60. The second-order valence-corrected chi connectivity index (χ2v) is 7.64. The van der Waals surface area contributed by atoms with Gasteiger partial charge >= 0.3 is 5.97 Å². The summed E-state index contributed by atoms with van der Waals surface area (Å²) in [4.78, 5) is 12.1.